The lowest BCUT2D eigenvalue weighted by Crippen LogP contribution is -2.32. The molecule has 1 unspecified atom stereocenters. The topological polar surface area (TPSA) is 59.0 Å². The minimum absolute atomic E-state index is 0.113. The van der Waals surface area contributed by atoms with E-state index in [-0.39, 0.29) is 6.23 Å². The maximum Gasteiger partial charge on any atom is 0.137 e. The van der Waals surface area contributed by atoms with Gasteiger partial charge in [0.05, 0.1) is 5.71 Å². The highest BCUT2D eigenvalue weighted by atomic mass is 16.6. The van der Waals surface area contributed by atoms with Crippen LogP contribution in [0.25, 0.3) is 0 Å². The molecule has 1 N–H and O–H groups in total. The lowest BCUT2D eigenvalue weighted by molar-refractivity contribution is 0.108. The van der Waals surface area contributed by atoms with Gasteiger partial charge < -0.3 is 19.8 Å². The second-order valence-corrected chi connectivity index (χ2v) is 4.87. The zero-order valence-electron chi connectivity index (χ0n) is 13.0. The third-order valence-corrected chi connectivity index (χ3v) is 3.65. The number of likely N-dealkylation sites (N-methyl/N-ethyl adjacent to an activating group) is 1. The summed E-state index contributed by atoms with van der Waals surface area (Å²) < 4.78 is 5.36. The first-order chi connectivity index (χ1) is 10.3. The van der Waals surface area contributed by atoms with E-state index in [1.807, 2.05) is 12.1 Å². The summed E-state index contributed by atoms with van der Waals surface area (Å²) >= 11 is 0. The zero-order valence-corrected chi connectivity index (χ0v) is 13.0. The van der Waals surface area contributed by atoms with Crippen LogP contribution < -0.4 is 5.32 Å². The Morgan fingerprint density at radius 3 is 2.95 bits per heavy atom. The molecular formula is C15H24N4O2. The smallest absolute Gasteiger partial charge is 0.137 e. The number of aromatic nitrogens is 1. The summed E-state index contributed by atoms with van der Waals surface area (Å²) in [7, 11) is 1.67. The number of oxime groups is 1. The molecule has 2 heterocycles. The van der Waals surface area contributed by atoms with Crippen LogP contribution in [0.4, 0.5) is 5.82 Å². The largest absolute Gasteiger partial charge is 0.394 e. The summed E-state index contributed by atoms with van der Waals surface area (Å²) in [6, 6.07) is 3.90. The maximum atomic E-state index is 5.49. The van der Waals surface area contributed by atoms with Gasteiger partial charge in [-0.2, -0.15) is 0 Å². The Morgan fingerprint density at radius 1 is 1.43 bits per heavy atom. The van der Waals surface area contributed by atoms with Crippen LogP contribution in [-0.2, 0) is 9.57 Å². The van der Waals surface area contributed by atoms with E-state index in [9.17, 15) is 0 Å². The SMILES string of the molecule is CCN(CC)CCO/N=C1/CC(OC)Nc2ncccc21. The molecule has 0 amide bonds. The summed E-state index contributed by atoms with van der Waals surface area (Å²) in [5.41, 5.74) is 1.86. The number of rotatable bonds is 7. The Balaban J connectivity index is 1.99. The second-order valence-electron chi connectivity index (χ2n) is 4.87. The standard InChI is InChI=1S/C15H24N4O2/c1-4-19(5-2)9-10-21-18-13-11-14(20-3)17-15-12(13)7-6-8-16-15/h6-8,14H,4-5,9-11H2,1-3H3,(H,16,17)/b18-13-. The Bertz CT molecular complexity index is 474. The molecule has 1 aliphatic rings. The molecular weight excluding hydrogens is 268 g/mol. The monoisotopic (exact) mass is 292 g/mol. The van der Waals surface area contributed by atoms with Gasteiger partial charge in [0, 0.05) is 31.8 Å². The average Bonchev–Trinajstić information content (AvgIpc) is 2.54. The van der Waals surface area contributed by atoms with Crippen LogP contribution in [0, 0.1) is 0 Å². The van der Waals surface area contributed by atoms with Crippen molar-refractivity contribution in [1.29, 1.82) is 0 Å². The third kappa shape index (κ3) is 4.15. The highest BCUT2D eigenvalue weighted by molar-refractivity contribution is 6.05. The first-order valence-corrected chi connectivity index (χ1v) is 7.44. The molecule has 0 saturated heterocycles. The van der Waals surface area contributed by atoms with Crippen LogP contribution in [0.3, 0.4) is 0 Å². The molecule has 1 atom stereocenters. The molecule has 2 rings (SSSR count). The van der Waals surface area contributed by atoms with E-state index >= 15 is 0 Å². The summed E-state index contributed by atoms with van der Waals surface area (Å²) in [6.45, 7) is 7.82. The highest BCUT2D eigenvalue weighted by Crippen LogP contribution is 2.23. The normalized spacial score (nSPS) is 19.4. The number of nitrogens with zero attached hydrogens (tertiary/aromatic N) is 3. The van der Waals surface area contributed by atoms with E-state index < -0.39 is 0 Å². The fourth-order valence-electron chi connectivity index (χ4n) is 2.30. The number of ether oxygens (including phenoxy) is 1. The van der Waals surface area contributed by atoms with Gasteiger partial charge in [0.15, 0.2) is 0 Å². The van der Waals surface area contributed by atoms with Crippen molar-refractivity contribution in [2.45, 2.75) is 26.5 Å². The first kappa shape index (κ1) is 15.7. The van der Waals surface area contributed by atoms with E-state index in [0.29, 0.717) is 13.0 Å². The van der Waals surface area contributed by atoms with Gasteiger partial charge in [-0.3, -0.25) is 0 Å². The Labute approximate surface area is 126 Å². The second kappa shape index (κ2) is 7.95. The van der Waals surface area contributed by atoms with Crippen molar-refractivity contribution < 1.29 is 9.57 Å². The molecule has 6 heteroatoms. The number of hydrogen-bond donors (Lipinski definition) is 1. The van der Waals surface area contributed by atoms with Gasteiger partial charge in [-0.05, 0) is 25.2 Å². The molecule has 116 valence electrons. The van der Waals surface area contributed by atoms with Gasteiger partial charge in [-0.15, -0.1) is 0 Å². The van der Waals surface area contributed by atoms with Crippen molar-refractivity contribution in [2.24, 2.45) is 5.16 Å². The fraction of sp³-hybridized carbons (Fsp3) is 0.600. The highest BCUT2D eigenvalue weighted by Gasteiger charge is 2.23. The quantitative estimate of drug-likeness (QED) is 0.615. The van der Waals surface area contributed by atoms with Crippen molar-refractivity contribution in [3.8, 4) is 0 Å². The van der Waals surface area contributed by atoms with Crippen LogP contribution in [0.2, 0.25) is 0 Å². The summed E-state index contributed by atoms with van der Waals surface area (Å²) in [5.74, 6) is 0.793. The van der Waals surface area contributed by atoms with Gasteiger partial charge >= 0.3 is 0 Å². The molecule has 0 bridgehead atoms. The van der Waals surface area contributed by atoms with E-state index in [1.165, 1.54) is 0 Å². The van der Waals surface area contributed by atoms with Crippen LogP contribution in [0.5, 0.6) is 0 Å². The number of fused-ring (bicyclic) bond motifs is 1. The molecule has 1 aliphatic heterocycles. The fourth-order valence-corrected chi connectivity index (χ4v) is 2.30. The van der Waals surface area contributed by atoms with Crippen LogP contribution in [0.15, 0.2) is 23.5 Å². The van der Waals surface area contributed by atoms with Crippen LogP contribution >= 0.6 is 0 Å². The van der Waals surface area contributed by atoms with Gasteiger partial charge in [0.2, 0.25) is 0 Å². The van der Waals surface area contributed by atoms with Crippen LogP contribution in [-0.4, -0.2) is 55.2 Å². The molecule has 0 aliphatic carbocycles. The summed E-state index contributed by atoms with van der Waals surface area (Å²) in [6.07, 6.45) is 2.31. The lowest BCUT2D eigenvalue weighted by atomic mass is 10.0. The lowest BCUT2D eigenvalue weighted by Gasteiger charge is -2.25. The molecule has 6 nitrogen and oxygen atoms in total. The number of anilines is 1. The number of pyridine rings is 1. The van der Waals surface area contributed by atoms with Gasteiger partial charge in [-0.25, -0.2) is 4.98 Å². The Morgan fingerprint density at radius 2 is 2.24 bits per heavy atom. The number of hydrogen-bond acceptors (Lipinski definition) is 6. The van der Waals surface area contributed by atoms with E-state index in [1.54, 1.807) is 13.3 Å². The number of nitrogens with one attached hydrogen (secondary N) is 1. The average molecular weight is 292 g/mol. The van der Waals surface area contributed by atoms with Gasteiger partial charge in [0.1, 0.15) is 18.7 Å². The maximum absolute atomic E-state index is 5.49. The minimum atomic E-state index is -0.113. The predicted molar refractivity (Wildman–Crippen MR) is 83.6 cm³/mol. The van der Waals surface area contributed by atoms with Crippen molar-refractivity contribution in [1.82, 2.24) is 9.88 Å². The molecule has 0 radical (unpaired) electrons. The Hall–Kier alpha value is -1.66. The molecule has 0 fully saturated rings. The van der Waals surface area contributed by atoms with Gasteiger partial charge in [-0.1, -0.05) is 19.0 Å². The van der Waals surface area contributed by atoms with E-state index in [0.717, 1.165) is 36.7 Å². The van der Waals surface area contributed by atoms with Crippen molar-refractivity contribution >= 4 is 11.5 Å². The van der Waals surface area contributed by atoms with Crippen molar-refractivity contribution in [3.63, 3.8) is 0 Å². The van der Waals surface area contributed by atoms with E-state index in [2.05, 4.69) is 34.2 Å². The molecule has 0 aromatic carbocycles. The summed E-state index contributed by atoms with van der Waals surface area (Å²) in [5, 5.41) is 7.52. The van der Waals surface area contributed by atoms with Crippen molar-refractivity contribution in [2.75, 3.05) is 38.7 Å². The number of methoxy groups -OCH3 is 1. The third-order valence-electron chi connectivity index (χ3n) is 3.65. The van der Waals surface area contributed by atoms with Crippen LogP contribution in [0.1, 0.15) is 25.8 Å². The molecule has 1 aromatic rings. The first-order valence-electron chi connectivity index (χ1n) is 7.44. The molecule has 21 heavy (non-hydrogen) atoms. The minimum Gasteiger partial charge on any atom is -0.394 e. The Kier molecular flexibility index (Phi) is 5.95. The zero-order chi connectivity index (χ0) is 15.1. The summed E-state index contributed by atoms with van der Waals surface area (Å²) in [4.78, 5) is 12.1. The molecule has 1 aromatic heterocycles. The molecule has 0 saturated carbocycles. The molecule has 0 spiro atoms. The van der Waals surface area contributed by atoms with Gasteiger partial charge in [0.25, 0.3) is 0 Å². The van der Waals surface area contributed by atoms with E-state index in [4.69, 9.17) is 9.57 Å². The van der Waals surface area contributed by atoms with Crippen molar-refractivity contribution in [3.05, 3.63) is 23.9 Å². The predicted octanol–water partition coefficient (Wildman–Crippen LogP) is 1.93.